The highest BCUT2D eigenvalue weighted by atomic mass is 16.6. The third-order valence-corrected chi connectivity index (χ3v) is 4.31. The molecule has 1 aromatic carbocycles. The Morgan fingerprint density at radius 2 is 2.14 bits per heavy atom. The number of nitrogens with one attached hydrogen (secondary N) is 1. The number of hydrogen-bond acceptors (Lipinski definition) is 3. The summed E-state index contributed by atoms with van der Waals surface area (Å²) >= 11 is 0. The molecule has 0 radical (unpaired) electrons. The van der Waals surface area contributed by atoms with E-state index in [4.69, 9.17) is 0 Å². The van der Waals surface area contributed by atoms with Crippen LogP contribution in [0.5, 0.6) is 0 Å². The predicted molar refractivity (Wildman–Crippen MR) is 85.3 cm³/mol. The molecular formula is C17H26N2O2. The van der Waals surface area contributed by atoms with Gasteiger partial charge in [-0.15, -0.1) is 0 Å². The van der Waals surface area contributed by atoms with E-state index in [2.05, 4.69) is 19.2 Å². The summed E-state index contributed by atoms with van der Waals surface area (Å²) in [5.41, 5.74) is 1.23. The van der Waals surface area contributed by atoms with Gasteiger partial charge in [0.15, 0.2) is 0 Å². The van der Waals surface area contributed by atoms with Crippen molar-refractivity contribution in [3.05, 3.63) is 39.9 Å². The SMILES string of the molecule is CCCC(NC(CC)CC1CC1)c1cccc([N+](=O)[O-])c1. The van der Waals surface area contributed by atoms with E-state index in [0.717, 1.165) is 30.7 Å². The second-order valence-electron chi connectivity index (χ2n) is 6.14. The molecule has 0 aromatic heterocycles. The molecule has 1 saturated carbocycles. The summed E-state index contributed by atoms with van der Waals surface area (Å²) in [6.07, 6.45) is 7.18. The van der Waals surface area contributed by atoms with Gasteiger partial charge in [0.1, 0.15) is 0 Å². The largest absolute Gasteiger partial charge is 0.307 e. The number of nitrogens with zero attached hydrogens (tertiary/aromatic N) is 1. The van der Waals surface area contributed by atoms with Gasteiger partial charge in [-0.1, -0.05) is 45.2 Å². The molecule has 2 rings (SSSR count). The lowest BCUT2D eigenvalue weighted by atomic mass is 9.98. The fraction of sp³-hybridized carbons (Fsp3) is 0.647. The molecule has 1 aliphatic rings. The van der Waals surface area contributed by atoms with Gasteiger partial charge in [0.2, 0.25) is 0 Å². The van der Waals surface area contributed by atoms with Crippen molar-refractivity contribution in [3.63, 3.8) is 0 Å². The highest BCUT2D eigenvalue weighted by molar-refractivity contribution is 5.35. The zero-order valence-corrected chi connectivity index (χ0v) is 13.0. The van der Waals surface area contributed by atoms with Crippen molar-refractivity contribution in [1.82, 2.24) is 5.32 Å². The second kappa shape index (κ2) is 7.55. The molecule has 0 bridgehead atoms. The Morgan fingerprint density at radius 3 is 2.71 bits per heavy atom. The highest BCUT2D eigenvalue weighted by Gasteiger charge is 2.26. The zero-order valence-electron chi connectivity index (χ0n) is 13.0. The summed E-state index contributed by atoms with van der Waals surface area (Å²) in [6.45, 7) is 4.38. The number of nitro benzene ring substituents is 1. The van der Waals surface area contributed by atoms with Crippen molar-refractivity contribution in [2.45, 2.75) is 64.5 Å². The van der Waals surface area contributed by atoms with Gasteiger partial charge in [0.05, 0.1) is 4.92 Å². The summed E-state index contributed by atoms with van der Waals surface area (Å²) in [6, 6.07) is 7.82. The van der Waals surface area contributed by atoms with Crippen LogP contribution in [0.4, 0.5) is 5.69 Å². The molecule has 2 atom stereocenters. The van der Waals surface area contributed by atoms with Crippen LogP contribution in [0.1, 0.15) is 64.0 Å². The minimum Gasteiger partial charge on any atom is -0.307 e. The first-order valence-corrected chi connectivity index (χ1v) is 8.14. The topological polar surface area (TPSA) is 55.2 Å². The first kappa shape index (κ1) is 16.0. The molecule has 116 valence electrons. The molecule has 21 heavy (non-hydrogen) atoms. The average Bonchev–Trinajstić information content (AvgIpc) is 3.30. The van der Waals surface area contributed by atoms with Gasteiger partial charge < -0.3 is 5.32 Å². The van der Waals surface area contributed by atoms with Crippen LogP contribution in [0.3, 0.4) is 0 Å². The van der Waals surface area contributed by atoms with Gasteiger partial charge >= 0.3 is 0 Å². The van der Waals surface area contributed by atoms with Crippen LogP contribution in [0.15, 0.2) is 24.3 Å². The van der Waals surface area contributed by atoms with Gasteiger partial charge in [-0.3, -0.25) is 10.1 Å². The maximum atomic E-state index is 11.0. The van der Waals surface area contributed by atoms with Crippen molar-refractivity contribution < 1.29 is 4.92 Å². The van der Waals surface area contributed by atoms with E-state index >= 15 is 0 Å². The fourth-order valence-electron chi connectivity index (χ4n) is 2.88. The zero-order chi connectivity index (χ0) is 15.2. The summed E-state index contributed by atoms with van der Waals surface area (Å²) in [5, 5.41) is 14.7. The molecule has 0 heterocycles. The van der Waals surface area contributed by atoms with Crippen LogP contribution in [-0.4, -0.2) is 11.0 Å². The summed E-state index contributed by atoms with van der Waals surface area (Å²) < 4.78 is 0. The lowest BCUT2D eigenvalue weighted by Crippen LogP contribution is -2.33. The Bertz CT molecular complexity index is 472. The molecule has 0 saturated heterocycles. The van der Waals surface area contributed by atoms with E-state index in [1.54, 1.807) is 18.2 Å². The Labute approximate surface area is 127 Å². The molecule has 0 amide bonds. The minimum atomic E-state index is -0.312. The first-order valence-electron chi connectivity index (χ1n) is 8.14. The summed E-state index contributed by atoms with van der Waals surface area (Å²) in [5.74, 6) is 0.898. The van der Waals surface area contributed by atoms with Gasteiger partial charge in [0.25, 0.3) is 5.69 Å². The monoisotopic (exact) mass is 290 g/mol. The van der Waals surface area contributed by atoms with E-state index in [1.807, 2.05) is 6.07 Å². The summed E-state index contributed by atoms with van der Waals surface area (Å²) in [4.78, 5) is 10.6. The molecule has 4 nitrogen and oxygen atoms in total. The molecule has 0 aliphatic heterocycles. The second-order valence-corrected chi connectivity index (χ2v) is 6.14. The molecule has 0 spiro atoms. The van der Waals surface area contributed by atoms with Crippen molar-refractivity contribution in [1.29, 1.82) is 0 Å². The molecule has 2 unspecified atom stereocenters. The van der Waals surface area contributed by atoms with Gasteiger partial charge in [-0.2, -0.15) is 0 Å². The van der Waals surface area contributed by atoms with Crippen molar-refractivity contribution in [2.75, 3.05) is 0 Å². The van der Waals surface area contributed by atoms with E-state index in [0.29, 0.717) is 6.04 Å². The Hall–Kier alpha value is -1.42. The van der Waals surface area contributed by atoms with E-state index in [1.165, 1.54) is 19.3 Å². The smallest absolute Gasteiger partial charge is 0.269 e. The molecular weight excluding hydrogens is 264 g/mol. The van der Waals surface area contributed by atoms with Crippen LogP contribution in [-0.2, 0) is 0 Å². The van der Waals surface area contributed by atoms with Crippen molar-refractivity contribution >= 4 is 5.69 Å². The summed E-state index contributed by atoms with van der Waals surface area (Å²) in [7, 11) is 0. The Morgan fingerprint density at radius 1 is 1.38 bits per heavy atom. The number of benzene rings is 1. The van der Waals surface area contributed by atoms with Crippen molar-refractivity contribution in [3.8, 4) is 0 Å². The minimum absolute atomic E-state index is 0.186. The Balaban J connectivity index is 2.08. The van der Waals surface area contributed by atoms with Crippen LogP contribution in [0.25, 0.3) is 0 Å². The Kier molecular flexibility index (Phi) is 5.74. The van der Waals surface area contributed by atoms with Gasteiger partial charge in [0, 0.05) is 24.2 Å². The third kappa shape index (κ3) is 4.81. The quantitative estimate of drug-likeness (QED) is 0.534. The molecule has 1 aromatic rings. The third-order valence-electron chi connectivity index (χ3n) is 4.31. The molecule has 1 aliphatic carbocycles. The molecule has 1 N–H and O–H groups in total. The van der Waals surface area contributed by atoms with Gasteiger partial charge in [-0.05, 0) is 30.7 Å². The van der Waals surface area contributed by atoms with E-state index < -0.39 is 0 Å². The van der Waals surface area contributed by atoms with Crippen molar-refractivity contribution in [2.24, 2.45) is 5.92 Å². The molecule has 4 heteroatoms. The van der Waals surface area contributed by atoms with E-state index in [-0.39, 0.29) is 16.7 Å². The fourth-order valence-corrected chi connectivity index (χ4v) is 2.88. The normalized spacial score (nSPS) is 17.4. The predicted octanol–water partition coefficient (Wildman–Crippen LogP) is 4.60. The van der Waals surface area contributed by atoms with Crippen LogP contribution >= 0.6 is 0 Å². The maximum absolute atomic E-state index is 11.0. The standard InChI is InChI=1S/C17H26N2O2/c1-3-6-17(18-15(4-2)11-13-9-10-13)14-7-5-8-16(12-14)19(20)21/h5,7-8,12-13,15,17-18H,3-4,6,9-11H2,1-2H3. The lowest BCUT2D eigenvalue weighted by Gasteiger charge is -2.25. The van der Waals surface area contributed by atoms with Gasteiger partial charge in [-0.25, -0.2) is 0 Å². The van der Waals surface area contributed by atoms with Crippen LogP contribution < -0.4 is 5.32 Å². The first-order chi connectivity index (χ1) is 10.1. The number of rotatable bonds is 9. The van der Waals surface area contributed by atoms with Crippen LogP contribution in [0, 0.1) is 16.0 Å². The average molecular weight is 290 g/mol. The number of non-ortho nitro benzene ring substituents is 1. The lowest BCUT2D eigenvalue weighted by molar-refractivity contribution is -0.384. The number of hydrogen-bond donors (Lipinski definition) is 1. The number of nitro groups is 1. The maximum Gasteiger partial charge on any atom is 0.269 e. The highest BCUT2D eigenvalue weighted by Crippen LogP contribution is 2.35. The van der Waals surface area contributed by atoms with E-state index in [9.17, 15) is 10.1 Å². The molecule has 1 fully saturated rings. The van der Waals surface area contributed by atoms with Crippen LogP contribution in [0.2, 0.25) is 0 Å².